The molecule has 0 aromatic carbocycles. The second kappa shape index (κ2) is 4.54. The van der Waals surface area contributed by atoms with Crippen LogP contribution in [0, 0.1) is 11.3 Å². The minimum atomic E-state index is 0.519. The fourth-order valence-corrected chi connectivity index (χ4v) is 2.71. The minimum Gasteiger partial charge on any atom is -0.138 e. The van der Waals surface area contributed by atoms with E-state index in [2.05, 4.69) is 32.4 Å². The van der Waals surface area contributed by atoms with Crippen molar-refractivity contribution in [3.05, 3.63) is 11.0 Å². The standard InChI is InChI=1S/C12H22S/c1-12(2,3)11-7-5-10(6-8-11)9-13-4/h9,11H,5-8H2,1-4H3. The molecule has 0 nitrogen and oxygen atoms in total. The van der Waals surface area contributed by atoms with Crippen LogP contribution >= 0.6 is 11.8 Å². The van der Waals surface area contributed by atoms with Crippen LogP contribution < -0.4 is 0 Å². The summed E-state index contributed by atoms with van der Waals surface area (Å²) in [5.74, 6) is 0.937. The Bertz CT molecular complexity index is 176. The van der Waals surface area contributed by atoms with Crippen LogP contribution in [0.15, 0.2) is 11.0 Å². The van der Waals surface area contributed by atoms with Crippen LogP contribution in [0.5, 0.6) is 0 Å². The number of thioether (sulfide) groups is 1. The van der Waals surface area contributed by atoms with Crippen molar-refractivity contribution in [2.45, 2.75) is 46.5 Å². The summed E-state index contributed by atoms with van der Waals surface area (Å²) in [4.78, 5) is 0. The molecule has 0 heterocycles. The van der Waals surface area contributed by atoms with E-state index in [1.54, 1.807) is 5.57 Å². The second-order valence-corrected chi connectivity index (χ2v) is 5.86. The molecule has 0 unspecified atom stereocenters. The van der Waals surface area contributed by atoms with Crippen molar-refractivity contribution in [3.63, 3.8) is 0 Å². The van der Waals surface area contributed by atoms with Gasteiger partial charge in [-0.15, -0.1) is 11.8 Å². The van der Waals surface area contributed by atoms with Crippen molar-refractivity contribution in [2.75, 3.05) is 6.26 Å². The van der Waals surface area contributed by atoms with Gasteiger partial charge in [-0.2, -0.15) is 0 Å². The monoisotopic (exact) mass is 198 g/mol. The Kier molecular flexibility index (Phi) is 3.90. The summed E-state index contributed by atoms with van der Waals surface area (Å²) in [7, 11) is 0. The van der Waals surface area contributed by atoms with Gasteiger partial charge in [0.25, 0.3) is 0 Å². The molecule has 0 spiro atoms. The predicted octanol–water partition coefficient (Wildman–Crippen LogP) is 4.47. The van der Waals surface area contributed by atoms with E-state index in [0.29, 0.717) is 5.41 Å². The molecule has 0 N–H and O–H groups in total. The molecule has 0 saturated heterocycles. The first kappa shape index (κ1) is 11.2. The Balaban J connectivity index is 2.44. The van der Waals surface area contributed by atoms with E-state index in [-0.39, 0.29) is 0 Å². The fourth-order valence-electron chi connectivity index (χ4n) is 2.14. The van der Waals surface area contributed by atoms with Crippen LogP contribution in [-0.2, 0) is 0 Å². The van der Waals surface area contributed by atoms with E-state index in [0.717, 1.165) is 5.92 Å². The normalized spacial score (nSPS) is 24.6. The molecule has 1 saturated carbocycles. The topological polar surface area (TPSA) is 0 Å². The van der Waals surface area contributed by atoms with Gasteiger partial charge in [0.05, 0.1) is 0 Å². The zero-order valence-electron chi connectivity index (χ0n) is 9.39. The smallest absolute Gasteiger partial charge is 0.0142 e. The van der Waals surface area contributed by atoms with E-state index in [9.17, 15) is 0 Å². The summed E-state index contributed by atoms with van der Waals surface area (Å²) in [6.45, 7) is 7.13. The number of hydrogen-bond acceptors (Lipinski definition) is 1. The predicted molar refractivity (Wildman–Crippen MR) is 63.0 cm³/mol. The third-order valence-corrected chi connectivity index (χ3v) is 3.71. The molecule has 13 heavy (non-hydrogen) atoms. The summed E-state index contributed by atoms with van der Waals surface area (Å²) in [5.41, 5.74) is 2.19. The van der Waals surface area contributed by atoms with Crippen molar-refractivity contribution < 1.29 is 0 Å². The minimum absolute atomic E-state index is 0.519. The Labute approximate surface area is 87.2 Å². The summed E-state index contributed by atoms with van der Waals surface area (Å²) in [6.07, 6.45) is 7.63. The average Bonchev–Trinajstić information content (AvgIpc) is 2.04. The van der Waals surface area contributed by atoms with Gasteiger partial charge >= 0.3 is 0 Å². The maximum atomic E-state index is 2.38. The highest BCUT2D eigenvalue weighted by atomic mass is 32.2. The van der Waals surface area contributed by atoms with E-state index >= 15 is 0 Å². The molecular formula is C12H22S. The molecule has 0 bridgehead atoms. The van der Waals surface area contributed by atoms with E-state index in [1.165, 1.54) is 25.7 Å². The molecule has 1 aliphatic carbocycles. The van der Waals surface area contributed by atoms with Gasteiger partial charge in [0, 0.05) is 0 Å². The van der Waals surface area contributed by atoms with Gasteiger partial charge in [-0.1, -0.05) is 26.3 Å². The Morgan fingerprint density at radius 2 is 1.77 bits per heavy atom. The van der Waals surface area contributed by atoms with Crippen LogP contribution in [0.25, 0.3) is 0 Å². The van der Waals surface area contributed by atoms with Gasteiger partial charge in [0.1, 0.15) is 0 Å². The first-order valence-electron chi connectivity index (χ1n) is 5.24. The second-order valence-electron chi connectivity index (χ2n) is 5.15. The third-order valence-electron chi connectivity index (χ3n) is 3.14. The van der Waals surface area contributed by atoms with Gasteiger partial charge in [0.15, 0.2) is 0 Å². The van der Waals surface area contributed by atoms with E-state index in [4.69, 9.17) is 0 Å². The van der Waals surface area contributed by atoms with Crippen LogP contribution in [0.3, 0.4) is 0 Å². The van der Waals surface area contributed by atoms with Crippen LogP contribution in [-0.4, -0.2) is 6.26 Å². The largest absolute Gasteiger partial charge is 0.138 e. The van der Waals surface area contributed by atoms with Crippen molar-refractivity contribution in [2.24, 2.45) is 11.3 Å². The Morgan fingerprint density at radius 1 is 1.23 bits per heavy atom. The van der Waals surface area contributed by atoms with Crippen molar-refractivity contribution in [1.29, 1.82) is 0 Å². The van der Waals surface area contributed by atoms with Gasteiger partial charge in [-0.05, 0) is 48.7 Å². The molecule has 0 aromatic rings. The van der Waals surface area contributed by atoms with E-state index in [1.807, 2.05) is 11.8 Å². The molecule has 0 aromatic heterocycles. The molecule has 76 valence electrons. The summed E-state index contributed by atoms with van der Waals surface area (Å²) in [5, 5.41) is 2.35. The zero-order valence-corrected chi connectivity index (χ0v) is 10.2. The maximum absolute atomic E-state index is 2.38. The van der Waals surface area contributed by atoms with Gasteiger partial charge < -0.3 is 0 Å². The lowest BCUT2D eigenvalue weighted by Gasteiger charge is -2.34. The highest BCUT2D eigenvalue weighted by molar-refractivity contribution is 8.01. The van der Waals surface area contributed by atoms with Crippen molar-refractivity contribution in [1.82, 2.24) is 0 Å². The quantitative estimate of drug-likeness (QED) is 0.599. The molecule has 1 fully saturated rings. The first-order chi connectivity index (χ1) is 6.04. The van der Waals surface area contributed by atoms with Gasteiger partial charge in [0.2, 0.25) is 0 Å². The fraction of sp³-hybridized carbons (Fsp3) is 0.833. The molecule has 0 aliphatic heterocycles. The van der Waals surface area contributed by atoms with Crippen LogP contribution in [0.4, 0.5) is 0 Å². The zero-order chi connectivity index (χ0) is 9.90. The molecule has 1 rings (SSSR count). The molecule has 0 radical (unpaired) electrons. The molecule has 0 amide bonds. The Hall–Kier alpha value is 0.0900. The summed E-state index contributed by atoms with van der Waals surface area (Å²) >= 11 is 1.85. The summed E-state index contributed by atoms with van der Waals surface area (Å²) < 4.78 is 0. The molecule has 1 aliphatic rings. The lowest BCUT2D eigenvalue weighted by atomic mass is 9.71. The highest BCUT2D eigenvalue weighted by Crippen LogP contribution is 2.39. The molecular weight excluding hydrogens is 176 g/mol. The summed E-state index contributed by atoms with van der Waals surface area (Å²) in [6, 6.07) is 0. The van der Waals surface area contributed by atoms with Gasteiger partial charge in [-0.3, -0.25) is 0 Å². The number of rotatable bonds is 1. The van der Waals surface area contributed by atoms with Crippen LogP contribution in [0.1, 0.15) is 46.5 Å². The first-order valence-corrected chi connectivity index (χ1v) is 6.53. The average molecular weight is 198 g/mol. The third kappa shape index (κ3) is 3.38. The van der Waals surface area contributed by atoms with Crippen molar-refractivity contribution in [3.8, 4) is 0 Å². The highest BCUT2D eigenvalue weighted by Gasteiger charge is 2.27. The lowest BCUT2D eigenvalue weighted by molar-refractivity contribution is 0.197. The van der Waals surface area contributed by atoms with E-state index < -0.39 is 0 Å². The van der Waals surface area contributed by atoms with Crippen LogP contribution in [0.2, 0.25) is 0 Å². The van der Waals surface area contributed by atoms with Gasteiger partial charge in [-0.25, -0.2) is 0 Å². The Morgan fingerprint density at radius 3 is 2.15 bits per heavy atom. The molecule has 0 atom stereocenters. The maximum Gasteiger partial charge on any atom is -0.0142 e. The number of allylic oxidation sites excluding steroid dienone is 1. The van der Waals surface area contributed by atoms with Crippen molar-refractivity contribution >= 4 is 11.8 Å². The number of hydrogen-bond donors (Lipinski definition) is 0. The molecule has 1 heteroatoms. The SMILES string of the molecule is CSC=C1CCC(C(C)(C)C)CC1. The lowest BCUT2D eigenvalue weighted by Crippen LogP contribution is -2.23.